The van der Waals surface area contributed by atoms with E-state index in [0.29, 0.717) is 25.3 Å². The molecule has 2 heterocycles. The van der Waals surface area contributed by atoms with Crippen LogP contribution in [0.15, 0.2) is 0 Å². The molecule has 110 valence electrons. The van der Waals surface area contributed by atoms with Gasteiger partial charge in [0.05, 0.1) is 11.5 Å². The van der Waals surface area contributed by atoms with Crippen molar-refractivity contribution in [2.24, 2.45) is 5.92 Å². The number of unbranched alkanes of at least 4 members (excludes halogenated alkanes) is 1. The lowest BCUT2D eigenvalue weighted by Gasteiger charge is -2.32. The van der Waals surface area contributed by atoms with Crippen LogP contribution in [-0.4, -0.2) is 56.4 Å². The molecular weight excluding hydrogens is 264 g/mol. The van der Waals surface area contributed by atoms with Gasteiger partial charge < -0.3 is 10.2 Å². The van der Waals surface area contributed by atoms with Crippen LogP contribution in [0, 0.1) is 5.92 Å². The molecule has 0 aromatic rings. The highest BCUT2D eigenvalue weighted by Gasteiger charge is 2.35. The van der Waals surface area contributed by atoms with Crippen LogP contribution >= 0.6 is 0 Å². The molecule has 0 spiro atoms. The van der Waals surface area contributed by atoms with E-state index in [4.69, 9.17) is 0 Å². The average molecular weight is 288 g/mol. The van der Waals surface area contributed by atoms with Crippen molar-refractivity contribution in [1.82, 2.24) is 10.2 Å². The van der Waals surface area contributed by atoms with Crippen molar-refractivity contribution in [1.29, 1.82) is 0 Å². The van der Waals surface area contributed by atoms with Crippen molar-refractivity contribution in [2.75, 3.05) is 31.1 Å². The number of carbonyl (C=O) groups excluding carboxylic acids is 1. The number of carbonyl (C=O) groups is 1. The van der Waals surface area contributed by atoms with Crippen molar-refractivity contribution >= 4 is 15.7 Å². The van der Waals surface area contributed by atoms with E-state index in [-0.39, 0.29) is 23.5 Å². The molecule has 2 rings (SSSR count). The van der Waals surface area contributed by atoms with Crippen LogP contribution in [0.4, 0.5) is 0 Å². The van der Waals surface area contributed by atoms with Crippen molar-refractivity contribution in [3.05, 3.63) is 0 Å². The molecule has 1 unspecified atom stereocenters. The Hall–Kier alpha value is -0.620. The fourth-order valence-electron chi connectivity index (χ4n) is 2.72. The second-order valence-electron chi connectivity index (χ2n) is 5.73. The minimum Gasteiger partial charge on any atom is -0.339 e. The molecule has 0 aromatic heterocycles. The maximum atomic E-state index is 12.4. The Balaban J connectivity index is 1.96. The molecule has 2 aliphatic rings. The minimum absolute atomic E-state index is 0.0860. The second kappa shape index (κ2) is 6.22. The molecule has 19 heavy (non-hydrogen) atoms. The first kappa shape index (κ1) is 14.8. The predicted molar refractivity (Wildman–Crippen MR) is 74.7 cm³/mol. The molecule has 2 saturated heterocycles. The van der Waals surface area contributed by atoms with Gasteiger partial charge in [0.15, 0.2) is 9.84 Å². The van der Waals surface area contributed by atoms with Gasteiger partial charge in [-0.15, -0.1) is 0 Å². The standard InChI is InChI=1S/C13H24N2O3S/c1-2-3-5-15(12-4-6-19(17,18)10-12)13(16)7-11-8-14-9-11/h11-12,14H,2-10H2,1H3. The number of sulfone groups is 1. The molecule has 2 aliphatic heterocycles. The Bertz CT molecular complexity index is 418. The number of amides is 1. The third-order valence-corrected chi connectivity index (χ3v) is 5.80. The lowest BCUT2D eigenvalue weighted by atomic mass is 9.98. The van der Waals surface area contributed by atoms with E-state index in [2.05, 4.69) is 12.2 Å². The van der Waals surface area contributed by atoms with Crippen LogP contribution in [0.5, 0.6) is 0 Å². The van der Waals surface area contributed by atoms with Gasteiger partial charge in [-0.05, 0) is 31.8 Å². The molecule has 1 amide bonds. The largest absolute Gasteiger partial charge is 0.339 e. The summed E-state index contributed by atoms with van der Waals surface area (Å²) in [5, 5.41) is 3.16. The highest BCUT2D eigenvalue weighted by atomic mass is 32.2. The Morgan fingerprint density at radius 3 is 2.58 bits per heavy atom. The minimum atomic E-state index is -2.93. The summed E-state index contributed by atoms with van der Waals surface area (Å²) in [4.78, 5) is 14.2. The molecule has 0 bridgehead atoms. The molecule has 1 atom stereocenters. The van der Waals surface area contributed by atoms with E-state index in [1.165, 1.54) is 0 Å². The SMILES string of the molecule is CCCCN(C(=O)CC1CNC1)C1CCS(=O)(=O)C1. The van der Waals surface area contributed by atoms with Gasteiger partial charge in [0.25, 0.3) is 0 Å². The summed E-state index contributed by atoms with van der Waals surface area (Å²) in [6, 6.07) is -0.0860. The van der Waals surface area contributed by atoms with E-state index in [9.17, 15) is 13.2 Å². The number of nitrogens with one attached hydrogen (secondary N) is 1. The zero-order chi connectivity index (χ0) is 13.9. The fourth-order valence-corrected chi connectivity index (χ4v) is 4.45. The smallest absolute Gasteiger partial charge is 0.223 e. The average Bonchev–Trinajstić information content (AvgIpc) is 2.65. The van der Waals surface area contributed by atoms with Crippen molar-refractivity contribution in [3.8, 4) is 0 Å². The Morgan fingerprint density at radius 2 is 2.11 bits per heavy atom. The lowest BCUT2D eigenvalue weighted by molar-refractivity contribution is -0.134. The molecule has 2 fully saturated rings. The van der Waals surface area contributed by atoms with Crippen LogP contribution in [0.3, 0.4) is 0 Å². The van der Waals surface area contributed by atoms with Crippen LogP contribution < -0.4 is 5.32 Å². The molecule has 0 saturated carbocycles. The molecule has 1 N–H and O–H groups in total. The fraction of sp³-hybridized carbons (Fsp3) is 0.923. The summed E-state index contributed by atoms with van der Waals surface area (Å²) in [6.07, 6.45) is 3.15. The number of nitrogens with zero attached hydrogens (tertiary/aromatic N) is 1. The van der Waals surface area contributed by atoms with Crippen LogP contribution in [0.25, 0.3) is 0 Å². The van der Waals surface area contributed by atoms with Crippen molar-refractivity contribution < 1.29 is 13.2 Å². The topological polar surface area (TPSA) is 66.5 Å². The van der Waals surface area contributed by atoms with Gasteiger partial charge in [0.2, 0.25) is 5.91 Å². The van der Waals surface area contributed by atoms with Gasteiger partial charge in [-0.1, -0.05) is 13.3 Å². The van der Waals surface area contributed by atoms with Crippen LogP contribution in [-0.2, 0) is 14.6 Å². The maximum Gasteiger partial charge on any atom is 0.223 e. The molecule has 5 nitrogen and oxygen atoms in total. The highest BCUT2D eigenvalue weighted by Crippen LogP contribution is 2.21. The van der Waals surface area contributed by atoms with Gasteiger partial charge in [-0.2, -0.15) is 0 Å². The zero-order valence-electron chi connectivity index (χ0n) is 11.6. The van der Waals surface area contributed by atoms with E-state index in [1.807, 2.05) is 4.90 Å². The van der Waals surface area contributed by atoms with E-state index in [0.717, 1.165) is 25.9 Å². The zero-order valence-corrected chi connectivity index (χ0v) is 12.4. The third kappa shape index (κ3) is 3.92. The molecule has 6 heteroatoms. The van der Waals surface area contributed by atoms with E-state index in [1.54, 1.807) is 0 Å². The first-order valence-corrected chi connectivity index (χ1v) is 9.04. The molecule has 0 aromatic carbocycles. The quantitative estimate of drug-likeness (QED) is 0.769. The maximum absolute atomic E-state index is 12.4. The second-order valence-corrected chi connectivity index (χ2v) is 7.95. The number of hydrogen-bond donors (Lipinski definition) is 1. The summed E-state index contributed by atoms with van der Waals surface area (Å²) in [6.45, 7) is 4.62. The molecule has 0 radical (unpaired) electrons. The Morgan fingerprint density at radius 1 is 1.37 bits per heavy atom. The van der Waals surface area contributed by atoms with Gasteiger partial charge in [-0.3, -0.25) is 4.79 Å². The monoisotopic (exact) mass is 288 g/mol. The van der Waals surface area contributed by atoms with E-state index >= 15 is 0 Å². The van der Waals surface area contributed by atoms with Gasteiger partial charge in [0, 0.05) is 19.0 Å². The Labute approximate surface area is 115 Å². The van der Waals surface area contributed by atoms with Gasteiger partial charge >= 0.3 is 0 Å². The molecular formula is C13H24N2O3S. The van der Waals surface area contributed by atoms with Gasteiger partial charge in [-0.25, -0.2) is 8.42 Å². The normalized spacial score (nSPS) is 26.1. The third-order valence-electron chi connectivity index (χ3n) is 4.05. The number of rotatable bonds is 6. The first-order chi connectivity index (χ1) is 9.02. The van der Waals surface area contributed by atoms with Gasteiger partial charge in [0.1, 0.15) is 0 Å². The molecule has 0 aliphatic carbocycles. The van der Waals surface area contributed by atoms with Crippen molar-refractivity contribution in [2.45, 2.75) is 38.6 Å². The predicted octanol–water partition coefficient (Wildman–Crippen LogP) is 0.412. The van der Waals surface area contributed by atoms with Crippen LogP contribution in [0.1, 0.15) is 32.6 Å². The summed E-state index contributed by atoms with van der Waals surface area (Å²) >= 11 is 0. The summed E-state index contributed by atoms with van der Waals surface area (Å²) in [5.74, 6) is 0.973. The van der Waals surface area contributed by atoms with E-state index < -0.39 is 9.84 Å². The lowest BCUT2D eigenvalue weighted by Crippen LogP contribution is -2.48. The Kier molecular flexibility index (Phi) is 4.84. The summed E-state index contributed by atoms with van der Waals surface area (Å²) < 4.78 is 23.2. The summed E-state index contributed by atoms with van der Waals surface area (Å²) in [5.41, 5.74) is 0. The van der Waals surface area contributed by atoms with Crippen molar-refractivity contribution in [3.63, 3.8) is 0 Å². The summed E-state index contributed by atoms with van der Waals surface area (Å²) in [7, 11) is -2.93. The first-order valence-electron chi connectivity index (χ1n) is 7.22. The highest BCUT2D eigenvalue weighted by molar-refractivity contribution is 7.91. The number of hydrogen-bond acceptors (Lipinski definition) is 4. The van der Waals surface area contributed by atoms with Crippen LogP contribution in [0.2, 0.25) is 0 Å².